The summed E-state index contributed by atoms with van der Waals surface area (Å²) in [5.74, 6) is 0. The van der Waals surface area contributed by atoms with E-state index in [4.69, 9.17) is 0 Å². The summed E-state index contributed by atoms with van der Waals surface area (Å²) in [5, 5.41) is 0. The van der Waals surface area contributed by atoms with Crippen LogP contribution in [0.25, 0.3) is 0 Å². The maximum atomic E-state index is 2.29. The average molecular weight is 222 g/mol. The van der Waals surface area contributed by atoms with E-state index in [1.165, 1.54) is 49.7 Å². The van der Waals surface area contributed by atoms with Crippen LogP contribution in [0.2, 0.25) is 0 Å². The standard InChI is InChI=1S/C16H30/c1-7-9-11-13(3)15(5)16(6)14(4)12-10-8-2/h7-12H2,1-6H3. The molecule has 0 nitrogen and oxygen atoms in total. The van der Waals surface area contributed by atoms with Gasteiger partial charge in [-0.25, -0.2) is 0 Å². The number of rotatable bonds is 7. The van der Waals surface area contributed by atoms with Crippen LogP contribution in [0.3, 0.4) is 0 Å². The molecule has 0 aromatic heterocycles. The zero-order chi connectivity index (χ0) is 12.6. The van der Waals surface area contributed by atoms with Crippen molar-refractivity contribution in [2.24, 2.45) is 0 Å². The quantitative estimate of drug-likeness (QED) is 0.461. The van der Waals surface area contributed by atoms with Gasteiger partial charge in [0, 0.05) is 0 Å². The molecular formula is C16H30. The highest BCUT2D eigenvalue weighted by Crippen LogP contribution is 2.23. The van der Waals surface area contributed by atoms with Crippen LogP contribution in [0.5, 0.6) is 0 Å². The fourth-order valence-corrected chi connectivity index (χ4v) is 1.90. The van der Waals surface area contributed by atoms with Crippen LogP contribution in [0.15, 0.2) is 22.3 Å². The molecule has 0 heterocycles. The molecule has 0 bridgehead atoms. The van der Waals surface area contributed by atoms with Crippen molar-refractivity contribution >= 4 is 0 Å². The predicted octanol–water partition coefficient (Wildman–Crippen LogP) is 6.04. The predicted molar refractivity (Wildman–Crippen MR) is 75.8 cm³/mol. The van der Waals surface area contributed by atoms with Crippen LogP contribution < -0.4 is 0 Å². The molecule has 0 spiro atoms. The molecule has 0 radical (unpaired) electrons. The normalized spacial score (nSPS) is 14.6. The van der Waals surface area contributed by atoms with Gasteiger partial charge in [0.15, 0.2) is 0 Å². The van der Waals surface area contributed by atoms with Gasteiger partial charge in [0.25, 0.3) is 0 Å². The summed E-state index contributed by atoms with van der Waals surface area (Å²) < 4.78 is 0. The third-order valence-corrected chi connectivity index (χ3v) is 3.65. The van der Waals surface area contributed by atoms with Crippen molar-refractivity contribution in [3.63, 3.8) is 0 Å². The highest BCUT2D eigenvalue weighted by molar-refractivity contribution is 5.34. The smallest absolute Gasteiger partial charge is 0.0317 e. The summed E-state index contributed by atoms with van der Waals surface area (Å²) in [5.41, 5.74) is 6.22. The molecule has 0 amide bonds. The number of unbranched alkanes of at least 4 members (excludes halogenated alkanes) is 2. The molecule has 0 aliphatic rings. The van der Waals surface area contributed by atoms with Gasteiger partial charge in [-0.05, 0) is 64.5 Å². The van der Waals surface area contributed by atoms with Crippen molar-refractivity contribution < 1.29 is 0 Å². The van der Waals surface area contributed by atoms with Crippen molar-refractivity contribution in [1.82, 2.24) is 0 Å². The van der Waals surface area contributed by atoms with Gasteiger partial charge in [-0.3, -0.25) is 0 Å². The second-order valence-electron chi connectivity index (χ2n) is 5.02. The molecule has 0 aliphatic heterocycles. The molecule has 94 valence electrons. The molecule has 0 fully saturated rings. The van der Waals surface area contributed by atoms with Crippen LogP contribution in [-0.2, 0) is 0 Å². The maximum absolute atomic E-state index is 2.29. The zero-order valence-corrected chi connectivity index (χ0v) is 12.2. The molecular weight excluding hydrogens is 192 g/mol. The van der Waals surface area contributed by atoms with Crippen molar-refractivity contribution in [1.29, 1.82) is 0 Å². The van der Waals surface area contributed by atoms with Gasteiger partial charge in [0.2, 0.25) is 0 Å². The lowest BCUT2D eigenvalue weighted by molar-refractivity contribution is 0.772. The number of hydrogen-bond donors (Lipinski definition) is 0. The van der Waals surface area contributed by atoms with Crippen molar-refractivity contribution in [2.45, 2.75) is 80.1 Å². The van der Waals surface area contributed by atoms with Gasteiger partial charge in [0.1, 0.15) is 0 Å². The van der Waals surface area contributed by atoms with Gasteiger partial charge in [-0.2, -0.15) is 0 Å². The van der Waals surface area contributed by atoms with Crippen LogP contribution >= 0.6 is 0 Å². The van der Waals surface area contributed by atoms with Crippen LogP contribution in [0.1, 0.15) is 80.1 Å². The Labute approximate surface area is 103 Å². The van der Waals surface area contributed by atoms with Gasteiger partial charge in [-0.15, -0.1) is 0 Å². The van der Waals surface area contributed by atoms with E-state index in [1.807, 2.05) is 0 Å². The second-order valence-corrected chi connectivity index (χ2v) is 5.02. The Morgan fingerprint density at radius 3 is 1.19 bits per heavy atom. The molecule has 0 unspecified atom stereocenters. The molecule has 0 atom stereocenters. The monoisotopic (exact) mass is 222 g/mol. The summed E-state index contributed by atoms with van der Waals surface area (Å²) in [6.45, 7) is 13.7. The second kappa shape index (κ2) is 8.61. The van der Waals surface area contributed by atoms with E-state index >= 15 is 0 Å². The van der Waals surface area contributed by atoms with Crippen molar-refractivity contribution in [2.75, 3.05) is 0 Å². The Bertz CT molecular complexity index is 225. The molecule has 0 rings (SSSR count). The first-order valence-electron chi connectivity index (χ1n) is 6.87. The van der Waals surface area contributed by atoms with Gasteiger partial charge in [-0.1, -0.05) is 37.8 Å². The first-order valence-corrected chi connectivity index (χ1v) is 6.87. The topological polar surface area (TPSA) is 0 Å². The highest BCUT2D eigenvalue weighted by Gasteiger charge is 2.03. The summed E-state index contributed by atoms with van der Waals surface area (Å²) >= 11 is 0. The molecule has 0 saturated carbocycles. The number of allylic oxidation sites excluding steroid dienone is 4. The molecule has 0 aromatic carbocycles. The first kappa shape index (κ1) is 15.5. The van der Waals surface area contributed by atoms with E-state index < -0.39 is 0 Å². The van der Waals surface area contributed by atoms with E-state index in [9.17, 15) is 0 Å². The highest BCUT2D eigenvalue weighted by atomic mass is 14.1. The summed E-state index contributed by atoms with van der Waals surface area (Å²) in [7, 11) is 0. The van der Waals surface area contributed by atoms with Crippen molar-refractivity contribution in [3.05, 3.63) is 22.3 Å². The molecule has 0 saturated heterocycles. The van der Waals surface area contributed by atoms with E-state index in [0.29, 0.717) is 0 Å². The van der Waals surface area contributed by atoms with Gasteiger partial charge >= 0.3 is 0 Å². The van der Waals surface area contributed by atoms with Crippen LogP contribution in [0, 0.1) is 0 Å². The third-order valence-electron chi connectivity index (χ3n) is 3.65. The zero-order valence-electron chi connectivity index (χ0n) is 12.2. The molecule has 0 aromatic rings. The largest absolute Gasteiger partial charge is 0.0701 e. The Balaban J connectivity index is 4.60. The minimum atomic E-state index is 1.26. The molecule has 0 N–H and O–H groups in total. The van der Waals surface area contributed by atoms with Crippen LogP contribution in [0.4, 0.5) is 0 Å². The van der Waals surface area contributed by atoms with E-state index in [-0.39, 0.29) is 0 Å². The lowest BCUT2D eigenvalue weighted by Gasteiger charge is -2.12. The first-order chi connectivity index (χ1) is 7.54. The lowest BCUT2D eigenvalue weighted by Crippen LogP contribution is -1.92. The summed E-state index contributed by atoms with van der Waals surface area (Å²) in [6.07, 6.45) is 7.76. The van der Waals surface area contributed by atoms with E-state index in [2.05, 4.69) is 41.5 Å². The Morgan fingerprint density at radius 1 is 0.625 bits per heavy atom. The molecule has 0 heteroatoms. The van der Waals surface area contributed by atoms with E-state index in [0.717, 1.165) is 0 Å². The SMILES string of the molecule is CCCCC(C)=C(C)C(C)=C(C)CCCC. The average Bonchev–Trinajstić information content (AvgIpc) is 2.30. The fraction of sp³-hybridized carbons (Fsp3) is 0.750. The summed E-state index contributed by atoms with van der Waals surface area (Å²) in [4.78, 5) is 0. The maximum Gasteiger partial charge on any atom is -0.0317 e. The fourth-order valence-electron chi connectivity index (χ4n) is 1.90. The third kappa shape index (κ3) is 5.53. The van der Waals surface area contributed by atoms with Crippen molar-refractivity contribution in [3.8, 4) is 0 Å². The Hall–Kier alpha value is -0.520. The van der Waals surface area contributed by atoms with Gasteiger partial charge in [0.05, 0.1) is 0 Å². The molecule has 16 heavy (non-hydrogen) atoms. The Morgan fingerprint density at radius 2 is 0.938 bits per heavy atom. The van der Waals surface area contributed by atoms with E-state index in [1.54, 1.807) is 11.1 Å². The Kier molecular flexibility index (Phi) is 8.33. The minimum Gasteiger partial charge on any atom is -0.0701 e. The summed E-state index contributed by atoms with van der Waals surface area (Å²) in [6, 6.07) is 0. The minimum absolute atomic E-state index is 1.26. The van der Waals surface area contributed by atoms with Gasteiger partial charge < -0.3 is 0 Å². The number of hydrogen-bond acceptors (Lipinski definition) is 0. The lowest BCUT2D eigenvalue weighted by atomic mass is 9.94. The molecule has 0 aliphatic carbocycles. The van der Waals surface area contributed by atoms with Crippen LogP contribution in [-0.4, -0.2) is 0 Å².